The van der Waals surface area contributed by atoms with Gasteiger partial charge in [0.15, 0.2) is 5.69 Å². The van der Waals surface area contributed by atoms with Gasteiger partial charge in [0, 0.05) is 18.8 Å². The van der Waals surface area contributed by atoms with Crippen molar-refractivity contribution in [2.75, 3.05) is 13.1 Å². The first-order valence-corrected chi connectivity index (χ1v) is 7.05. The molecule has 1 amide bonds. The van der Waals surface area contributed by atoms with E-state index in [2.05, 4.69) is 15.7 Å². The Morgan fingerprint density at radius 2 is 2.14 bits per heavy atom. The van der Waals surface area contributed by atoms with Crippen LogP contribution < -0.4 is 10.6 Å². The van der Waals surface area contributed by atoms with Crippen molar-refractivity contribution in [1.82, 2.24) is 20.4 Å². The summed E-state index contributed by atoms with van der Waals surface area (Å²) in [6, 6.07) is 7.79. The molecule has 0 saturated carbocycles. The van der Waals surface area contributed by atoms with Crippen LogP contribution in [0.15, 0.2) is 36.5 Å². The van der Waals surface area contributed by atoms with Gasteiger partial charge in [0.2, 0.25) is 0 Å². The summed E-state index contributed by atoms with van der Waals surface area (Å²) in [6.07, 6.45) is 3.74. The number of hydrogen-bond acceptors (Lipinski definition) is 3. The Labute approximate surface area is 122 Å². The average Bonchev–Trinajstić information content (AvgIpc) is 2.99. The van der Waals surface area contributed by atoms with Gasteiger partial charge in [-0.1, -0.05) is 0 Å². The summed E-state index contributed by atoms with van der Waals surface area (Å²) in [5.41, 5.74) is 1.08. The average molecular weight is 288 g/mol. The number of hydrogen-bond donors (Lipinski definition) is 2. The first-order chi connectivity index (χ1) is 10.2. The fourth-order valence-electron chi connectivity index (χ4n) is 2.42. The van der Waals surface area contributed by atoms with Gasteiger partial charge in [-0.3, -0.25) is 4.79 Å². The zero-order valence-corrected chi connectivity index (χ0v) is 11.6. The smallest absolute Gasteiger partial charge is 0.272 e. The highest BCUT2D eigenvalue weighted by atomic mass is 19.1. The lowest BCUT2D eigenvalue weighted by Crippen LogP contribution is -2.45. The van der Waals surface area contributed by atoms with Gasteiger partial charge in [0.05, 0.1) is 5.69 Å². The van der Waals surface area contributed by atoms with Gasteiger partial charge >= 0.3 is 0 Å². The summed E-state index contributed by atoms with van der Waals surface area (Å²) >= 11 is 0. The predicted octanol–water partition coefficient (Wildman–Crippen LogP) is 1.49. The Hall–Kier alpha value is -2.21. The van der Waals surface area contributed by atoms with Crippen molar-refractivity contribution in [2.45, 2.75) is 18.9 Å². The molecule has 0 aliphatic carbocycles. The Kier molecular flexibility index (Phi) is 3.96. The van der Waals surface area contributed by atoms with Gasteiger partial charge in [-0.2, -0.15) is 5.10 Å². The van der Waals surface area contributed by atoms with E-state index in [9.17, 15) is 9.18 Å². The standard InChI is InChI=1S/C15H17FN4O/c16-11-3-5-13(6-4-11)20-9-7-14(19-20)15(21)18-12-2-1-8-17-10-12/h3-7,9,12,17H,1-2,8,10H2,(H,18,21). The maximum absolute atomic E-state index is 12.9. The molecular weight excluding hydrogens is 271 g/mol. The number of aromatic nitrogens is 2. The maximum atomic E-state index is 12.9. The minimum atomic E-state index is -0.298. The third-order valence-corrected chi connectivity index (χ3v) is 3.54. The van der Waals surface area contributed by atoms with E-state index >= 15 is 0 Å². The first-order valence-electron chi connectivity index (χ1n) is 7.05. The number of carbonyl (C=O) groups is 1. The Balaban J connectivity index is 1.69. The molecule has 1 aliphatic heterocycles. The number of nitrogens with zero attached hydrogens (tertiary/aromatic N) is 2. The van der Waals surface area contributed by atoms with Crippen LogP contribution in [0.5, 0.6) is 0 Å². The molecule has 0 bridgehead atoms. The second-order valence-corrected chi connectivity index (χ2v) is 5.14. The van der Waals surface area contributed by atoms with E-state index in [-0.39, 0.29) is 17.8 Å². The number of piperidine rings is 1. The largest absolute Gasteiger partial charge is 0.347 e. The third kappa shape index (κ3) is 3.28. The summed E-state index contributed by atoms with van der Waals surface area (Å²) in [5, 5.41) is 10.5. The molecule has 110 valence electrons. The van der Waals surface area contributed by atoms with Crippen molar-refractivity contribution in [2.24, 2.45) is 0 Å². The molecule has 2 heterocycles. The van der Waals surface area contributed by atoms with Crippen molar-refractivity contribution < 1.29 is 9.18 Å². The molecule has 1 atom stereocenters. The highest BCUT2D eigenvalue weighted by Gasteiger charge is 2.17. The van der Waals surface area contributed by atoms with E-state index in [1.807, 2.05) is 0 Å². The first kappa shape index (κ1) is 13.8. The van der Waals surface area contributed by atoms with Gasteiger partial charge in [0.25, 0.3) is 5.91 Å². The van der Waals surface area contributed by atoms with Gasteiger partial charge in [0.1, 0.15) is 5.82 Å². The molecule has 1 fully saturated rings. The number of amides is 1. The van der Waals surface area contributed by atoms with E-state index in [0.29, 0.717) is 5.69 Å². The fourth-order valence-corrected chi connectivity index (χ4v) is 2.42. The lowest BCUT2D eigenvalue weighted by molar-refractivity contribution is 0.0925. The molecule has 6 heteroatoms. The van der Waals surface area contributed by atoms with Crippen LogP contribution in [0.2, 0.25) is 0 Å². The van der Waals surface area contributed by atoms with Crippen LogP contribution in [-0.4, -0.2) is 34.8 Å². The van der Waals surface area contributed by atoms with Crippen molar-refractivity contribution in [3.05, 3.63) is 48.0 Å². The monoisotopic (exact) mass is 288 g/mol. The molecule has 2 aromatic rings. The number of rotatable bonds is 3. The lowest BCUT2D eigenvalue weighted by atomic mass is 10.1. The molecule has 0 radical (unpaired) electrons. The summed E-state index contributed by atoms with van der Waals surface area (Å²) in [4.78, 5) is 12.1. The molecule has 0 spiro atoms. The summed E-state index contributed by atoms with van der Waals surface area (Å²) in [5.74, 6) is -0.474. The quantitative estimate of drug-likeness (QED) is 0.899. The summed E-state index contributed by atoms with van der Waals surface area (Å²) < 4.78 is 14.5. The molecule has 3 rings (SSSR count). The fraction of sp³-hybridized carbons (Fsp3) is 0.333. The number of nitrogens with one attached hydrogen (secondary N) is 2. The highest BCUT2D eigenvalue weighted by molar-refractivity contribution is 5.92. The molecule has 1 aliphatic rings. The van der Waals surface area contributed by atoms with E-state index in [1.54, 1.807) is 29.1 Å². The van der Waals surface area contributed by atoms with Gasteiger partial charge in [-0.15, -0.1) is 0 Å². The second kappa shape index (κ2) is 6.05. The van der Waals surface area contributed by atoms with Crippen LogP contribution in [0.1, 0.15) is 23.3 Å². The van der Waals surface area contributed by atoms with Gasteiger partial charge < -0.3 is 10.6 Å². The Bertz CT molecular complexity index is 617. The van der Waals surface area contributed by atoms with E-state index < -0.39 is 0 Å². The van der Waals surface area contributed by atoms with Crippen molar-refractivity contribution in [3.8, 4) is 5.69 Å². The minimum absolute atomic E-state index is 0.155. The normalized spacial score (nSPS) is 18.4. The lowest BCUT2D eigenvalue weighted by Gasteiger charge is -2.23. The number of halogens is 1. The van der Waals surface area contributed by atoms with Gasteiger partial charge in [-0.25, -0.2) is 9.07 Å². The van der Waals surface area contributed by atoms with Crippen LogP contribution in [-0.2, 0) is 0 Å². The number of benzene rings is 1. The molecule has 1 aromatic heterocycles. The topological polar surface area (TPSA) is 59.0 Å². The Morgan fingerprint density at radius 3 is 2.86 bits per heavy atom. The SMILES string of the molecule is O=C(NC1CCCNC1)c1ccn(-c2ccc(F)cc2)n1. The highest BCUT2D eigenvalue weighted by Crippen LogP contribution is 2.09. The summed E-state index contributed by atoms with van der Waals surface area (Å²) in [7, 11) is 0. The van der Waals surface area contributed by atoms with Crippen molar-refractivity contribution in [3.63, 3.8) is 0 Å². The molecule has 1 aromatic carbocycles. The molecule has 1 unspecified atom stereocenters. The molecule has 2 N–H and O–H groups in total. The molecular formula is C15H17FN4O. The molecule has 21 heavy (non-hydrogen) atoms. The van der Waals surface area contributed by atoms with Gasteiger partial charge in [-0.05, 0) is 49.7 Å². The molecule has 1 saturated heterocycles. The van der Waals surface area contributed by atoms with Crippen LogP contribution in [0.25, 0.3) is 5.69 Å². The predicted molar refractivity (Wildman–Crippen MR) is 76.9 cm³/mol. The van der Waals surface area contributed by atoms with E-state index in [4.69, 9.17) is 0 Å². The van der Waals surface area contributed by atoms with Crippen molar-refractivity contribution in [1.29, 1.82) is 0 Å². The van der Waals surface area contributed by atoms with Crippen LogP contribution in [0, 0.1) is 5.82 Å². The second-order valence-electron chi connectivity index (χ2n) is 5.14. The zero-order valence-electron chi connectivity index (χ0n) is 11.6. The maximum Gasteiger partial charge on any atom is 0.272 e. The number of carbonyl (C=O) groups excluding carboxylic acids is 1. The minimum Gasteiger partial charge on any atom is -0.347 e. The van der Waals surface area contributed by atoms with Crippen LogP contribution in [0.4, 0.5) is 4.39 Å². The van der Waals surface area contributed by atoms with Crippen LogP contribution in [0.3, 0.4) is 0 Å². The summed E-state index contributed by atoms with van der Waals surface area (Å²) in [6.45, 7) is 1.80. The zero-order chi connectivity index (χ0) is 14.7. The van der Waals surface area contributed by atoms with E-state index in [0.717, 1.165) is 31.6 Å². The van der Waals surface area contributed by atoms with Crippen molar-refractivity contribution >= 4 is 5.91 Å². The van der Waals surface area contributed by atoms with Crippen LogP contribution >= 0.6 is 0 Å². The molecule has 5 nitrogen and oxygen atoms in total. The third-order valence-electron chi connectivity index (χ3n) is 3.54. The Morgan fingerprint density at radius 1 is 1.33 bits per heavy atom. The van der Waals surface area contributed by atoms with E-state index in [1.165, 1.54) is 12.1 Å².